The zero-order valence-corrected chi connectivity index (χ0v) is 16.3. The van der Waals surface area contributed by atoms with Crippen LogP contribution in [-0.4, -0.2) is 91.5 Å². The van der Waals surface area contributed by atoms with Gasteiger partial charge in [0.1, 0.15) is 12.7 Å². The molecular weight excluding hydrogens is 376 g/mol. The Labute approximate surface area is 163 Å². The molecule has 27 heavy (non-hydrogen) atoms. The fourth-order valence-corrected chi connectivity index (χ4v) is 3.24. The minimum Gasteiger partial charge on any atom is -0.485 e. The van der Waals surface area contributed by atoms with E-state index < -0.39 is 0 Å². The summed E-state index contributed by atoms with van der Waals surface area (Å²) in [7, 11) is 0. The van der Waals surface area contributed by atoms with Gasteiger partial charge in [0.25, 0.3) is 0 Å². The second kappa shape index (κ2) is 12.5. The first-order chi connectivity index (χ1) is 13.4. The molecule has 0 aliphatic carbocycles. The minimum absolute atomic E-state index is 0.119. The molecule has 2 aliphatic heterocycles. The number of hydrogen-bond donors (Lipinski definition) is 0. The molecule has 2 atom stereocenters. The molecule has 2 unspecified atom stereocenters. The second-order valence-corrected chi connectivity index (χ2v) is 6.84. The van der Waals surface area contributed by atoms with Crippen molar-refractivity contribution in [1.82, 2.24) is 0 Å². The Balaban J connectivity index is 1.35. The van der Waals surface area contributed by atoms with Crippen LogP contribution in [0, 0.1) is 0 Å². The summed E-state index contributed by atoms with van der Waals surface area (Å²) >= 11 is 1.56. The molecule has 3 rings (SSSR count). The average molecular weight is 404 g/mol. The van der Waals surface area contributed by atoms with Crippen LogP contribution in [0.4, 0.5) is 0 Å². The van der Waals surface area contributed by atoms with E-state index in [-0.39, 0.29) is 12.2 Å². The van der Waals surface area contributed by atoms with Gasteiger partial charge in [0.2, 0.25) is 0 Å². The quantitative estimate of drug-likeness (QED) is 0.745. The first-order valence-electron chi connectivity index (χ1n) is 9.28. The lowest BCUT2D eigenvalue weighted by Gasteiger charge is -2.25. The predicted octanol–water partition coefficient (Wildman–Crippen LogP) is 1.37. The van der Waals surface area contributed by atoms with Crippen molar-refractivity contribution in [2.24, 2.45) is 0 Å². The summed E-state index contributed by atoms with van der Waals surface area (Å²) in [4.78, 5) is 0. The molecule has 154 valence electrons. The van der Waals surface area contributed by atoms with Gasteiger partial charge < -0.3 is 37.9 Å². The first-order valence-corrected chi connectivity index (χ1v) is 10.2. The monoisotopic (exact) mass is 404 g/mol. The molecule has 8 nitrogen and oxygen atoms in total. The third-order valence-corrected chi connectivity index (χ3v) is 4.62. The molecule has 0 N–H and O–H groups in total. The van der Waals surface area contributed by atoms with Crippen LogP contribution in [0.5, 0.6) is 11.5 Å². The molecule has 0 saturated carbocycles. The minimum atomic E-state index is -0.170. The smallest absolute Gasteiger partial charge is 0.172 e. The number of fused-ring (bicyclic) bond motifs is 1. The Morgan fingerprint density at radius 1 is 0.741 bits per heavy atom. The van der Waals surface area contributed by atoms with E-state index in [0.717, 1.165) is 11.5 Å². The van der Waals surface area contributed by atoms with Crippen molar-refractivity contribution >= 4 is 11.3 Å². The standard InChI is InChI=1S/C18H28O8S/c1-2-20-5-6-22-9-15(24-8-7-21-4-3-19-1)10-23-11-16-12-25-17-13-27-14-18(17)26-16/h13-16H,1-12H2. The number of hydrogen-bond acceptors (Lipinski definition) is 9. The number of rotatable bonds is 4. The van der Waals surface area contributed by atoms with Crippen molar-refractivity contribution < 1.29 is 37.9 Å². The lowest BCUT2D eigenvalue weighted by Crippen LogP contribution is -2.35. The van der Waals surface area contributed by atoms with Crippen molar-refractivity contribution in [1.29, 1.82) is 0 Å². The summed E-state index contributed by atoms with van der Waals surface area (Å²) in [6, 6.07) is 0. The van der Waals surface area contributed by atoms with Gasteiger partial charge in [-0.3, -0.25) is 0 Å². The summed E-state index contributed by atoms with van der Waals surface area (Å²) in [5.41, 5.74) is 0. The molecule has 1 aromatic heterocycles. The highest BCUT2D eigenvalue weighted by molar-refractivity contribution is 7.08. The maximum Gasteiger partial charge on any atom is 0.172 e. The van der Waals surface area contributed by atoms with E-state index in [1.54, 1.807) is 11.3 Å². The fourth-order valence-electron chi connectivity index (χ4n) is 2.57. The Bertz CT molecular complexity index is 495. The van der Waals surface area contributed by atoms with Crippen molar-refractivity contribution in [3.8, 4) is 11.5 Å². The molecule has 1 aromatic rings. The highest BCUT2D eigenvalue weighted by Crippen LogP contribution is 2.35. The Morgan fingerprint density at radius 2 is 1.37 bits per heavy atom. The molecular formula is C18H28O8S. The molecule has 0 amide bonds. The van der Waals surface area contributed by atoms with Gasteiger partial charge in [0.05, 0.1) is 72.7 Å². The SMILES string of the molecule is c1scc2c1OCC(COCC1COCCOCCOCCOCCO1)O2. The van der Waals surface area contributed by atoms with Crippen LogP contribution in [-0.2, 0) is 28.4 Å². The summed E-state index contributed by atoms with van der Waals surface area (Å²) in [5, 5.41) is 3.87. The van der Waals surface area contributed by atoms with Gasteiger partial charge in [-0.15, -0.1) is 11.3 Å². The van der Waals surface area contributed by atoms with E-state index in [0.29, 0.717) is 79.3 Å². The van der Waals surface area contributed by atoms with Gasteiger partial charge in [-0.05, 0) is 0 Å². The van der Waals surface area contributed by atoms with Crippen molar-refractivity contribution in [3.05, 3.63) is 10.8 Å². The van der Waals surface area contributed by atoms with Crippen LogP contribution in [0.2, 0.25) is 0 Å². The van der Waals surface area contributed by atoms with Crippen LogP contribution in [0.15, 0.2) is 10.8 Å². The molecule has 0 aromatic carbocycles. The Kier molecular flexibility index (Phi) is 9.63. The van der Waals surface area contributed by atoms with Crippen molar-refractivity contribution in [3.63, 3.8) is 0 Å². The Hall–Kier alpha value is -0.940. The highest BCUT2D eigenvalue weighted by atomic mass is 32.1. The molecule has 1 fully saturated rings. The van der Waals surface area contributed by atoms with E-state index in [1.165, 1.54) is 0 Å². The molecule has 0 bridgehead atoms. The topological polar surface area (TPSA) is 73.8 Å². The van der Waals surface area contributed by atoms with E-state index in [9.17, 15) is 0 Å². The normalized spacial score (nSPS) is 26.1. The summed E-state index contributed by atoms with van der Waals surface area (Å²) in [5.74, 6) is 1.59. The van der Waals surface area contributed by atoms with Gasteiger partial charge in [0.15, 0.2) is 17.6 Å². The summed E-state index contributed by atoms with van der Waals surface area (Å²) in [6.45, 7) is 6.04. The van der Waals surface area contributed by atoms with Gasteiger partial charge >= 0.3 is 0 Å². The van der Waals surface area contributed by atoms with Gasteiger partial charge in [-0.1, -0.05) is 0 Å². The third-order valence-electron chi connectivity index (χ3n) is 3.92. The second-order valence-electron chi connectivity index (χ2n) is 6.09. The maximum atomic E-state index is 5.85. The predicted molar refractivity (Wildman–Crippen MR) is 98.1 cm³/mol. The highest BCUT2D eigenvalue weighted by Gasteiger charge is 2.22. The molecule has 9 heteroatoms. The zero-order chi connectivity index (χ0) is 18.6. The van der Waals surface area contributed by atoms with E-state index in [4.69, 9.17) is 37.9 Å². The van der Waals surface area contributed by atoms with E-state index >= 15 is 0 Å². The van der Waals surface area contributed by atoms with Gasteiger partial charge in [0, 0.05) is 10.8 Å². The van der Waals surface area contributed by atoms with Gasteiger partial charge in [-0.2, -0.15) is 0 Å². The van der Waals surface area contributed by atoms with E-state index in [1.807, 2.05) is 10.8 Å². The average Bonchev–Trinajstić information content (AvgIpc) is 3.14. The fraction of sp³-hybridized carbons (Fsp3) is 0.778. The summed E-state index contributed by atoms with van der Waals surface area (Å²) in [6.07, 6.45) is -0.289. The number of thiophene rings is 1. The molecule has 0 spiro atoms. The summed E-state index contributed by atoms with van der Waals surface area (Å²) < 4.78 is 45.1. The van der Waals surface area contributed by atoms with Crippen LogP contribution < -0.4 is 9.47 Å². The van der Waals surface area contributed by atoms with Gasteiger partial charge in [-0.25, -0.2) is 0 Å². The van der Waals surface area contributed by atoms with Crippen LogP contribution in [0.25, 0.3) is 0 Å². The van der Waals surface area contributed by atoms with Crippen LogP contribution in [0.1, 0.15) is 0 Å². The van der Waals surface area contributed by atoms with Crippen LogP contribution >= 0.6 is 11.3 Å². The molecule has 3 heterocycles. The zero-order valence-electron chi connectivity index (χ0n) is 15.5. The Morgan fingerprint density at radius 3 is 2.15 bits per heavy atom. The first kappa shape index (κ1) is 20.8. The van der Waals surface area contributed by atoms with Crippen LogP contribution in [0.3, 0.4) is 0 Å². The van der Waals surface area contributed by atoms with Crippen molar-refractivity contribution in [2.45, 2.75) is 12.2 Å². The van der Waals surface area contributed by atoms with Crippen molar-refractivity contribution in [2.75, 3.05) is 79.3 Å². The molecule has 1 saturated heterocycles. The number of ether oxygens (including phenoxy) is 8. The van der Waals surface area contributed by atoms with E-state index in [2.05, 4.69) is 0 Å². The lowest BCUT2D eigenvalue weighted by atomic mass is 10.3. The molecule has 0 radical (unpaired) electrons. The largest absolute Gasteiger partial charge is 0.485 e. The molecule has 2 aliphatic rings. The lowest BCUT2D eigenvalue weighted by molar-refractivity contribution is -0.0880. The third kappa shape index (κ3) is 7.90. The maximum absolute atomic E-state index is 5.85.